The maximum atomic E-state index is 5.28. The first-order chi connectivity index (χ1) is 25.3. The fourth-order valence-electron chi connectivity index (χ4n) is 7.73. The second kappa shape index (κ2) is 11.0. The summed E-state index contributed by atoms with van der Waals surface area (Å²) >= 11 is 1.87. The molecule has 236 valence electrons. The highest BCUT2D eigenvalue weighted by atomic mass is 32.1. The highest BCUT2D eigenvalue weighted by molar-refractivity contribution is 7.26. The zero-order chi connectivity index (χ0) is 33.5. The van der Waals surface area contributed by atoms with Crippen LogP contribution in [0.1, 0.15) is 0 Å². The van der Waals surface area contributed by atoms with E-state index in [-0.39, 0.29) is 0 Å². The molecule has 0 aliphatic carbocycles. The van der Waals surface area contributed by atoms with Crippen LogP contribution in [-0.4, -0.2) is 19.9 Å². The van der Waals surface area contributed by atoms with Gasteiger partial charge in [-0.2, -0.15) is 0 Å². The Bertz CT molecular complexity index is 3220. The molecule has 0 fully saturated rings. The van der Waals surface area contributed by atoms with Gasteiger partial charge in [0.1, 0.15) is 0 Å². The molecule has 0 amide bonds. The van der Waals surface area contributed by atoms with Gasteiger partial charge in [0.25, 0.3) is 0 Å². The van der Waals surface area contributed by atoms with E-state index in [2.05, 4.69) is 138 Å². The third-order valence-electron chi connectivity index (χ3n) is 10.2. The van der Waals surface area contributed by atoms with Crippen molar-refractivity contribution in [2.45, 2.75) is 0 Å². The SMILES string of the molecule is c1cc(-c2cc3cc(-c4ccnc5c4ccc4cccnc45)ccc3cn2)cc(-c2nc3ccccc3c3c2ccc2c4ccccc4sc23)c1. The van der Waals surface area contributed by atoms with E-state index in [1.165, 1.54) is 30.9 Å². The Labute approximate surface area is 296 Å². The number of hydrogen-bond donors (Lipinski definition) is 0. The Morgan fingerprint density at radius 2 is 1.27 bits per heavy atom. The number of rotatable bonds is 3. The number of thiophene rings is 1. The Morgan fingerprint density at radius 1 is 0.451 bits per heavy atom. The third-order valence-corrected chi connectivity index (χ3v) is 11.4. The maximum Gasteiger partial charge on any atom is 0.0970 e. The topological polar surface area (TPSA) is 51.6 Å². The smallest absolute Gasteiger partial charge is 0.0970 e. The van der Waals surface area contributed by atoms with Gasteiger partial charge in [0, 0.05) is 82.2 Å². The summed E-state index contributed by atoms with van der Waals surface area (Å²) in [5.41, 5.74) is 9.15. The number of pyridine rings is 4. The van der Waals surface area contributed by atoms with Crippen LogP contribution in [0.15, 0.2) is 158 Å². The lowest BCUT2D eigenvalue weighted by Gasteiger charge is -2.12. The molecule has 11 rings (SSSR count). The Kier molecular flexibility index (Phi) is 6.09. The maximum absolute atomic E-state index is 5.28. The summed E-state index contributed by atoms with van der Waals surface area (Å²) in [5, 5.41) is 10.6. The van der Waals surface area contributed by atoms with Crippen LogP contribution in [0.5, 0.6) is 0 Å². The monoisotopic (exact) mass is 666 g/mol. The molecule has 51 heavy (non-hydrogen) atoms. The number of para-hydroxylation sites is 1. The lowest BCUT2D eigenvalue weighted by atomic mass is 9.96. The third kappa shape index (κ3) is 4.38. The normalized spacial score (nSPS) is 11.9. The van der Waals surface area contributed by atoms with Crippen LogP contribution >= 0.6 is 11.3 Å². The number of fused-ring (bicyclic) bond motifs is 11. The largest absolute Gasteiger partial charge is 0.256 e. The van der Waals surface area contributed by atoms with Crippen molar-refractivity contribution in [2.75, 3.05) is 0 Å². The molecule has 5 heterocycles. The standard InChI is InChI=1S/C46H26N4S/c1-3-12-39-37(11-1)42-38(19-18-36-34-10-2-4-13-41(34)51-46(36)42)43(50-39)30-8-5-7-29(24-30)40-25-32-23-28(14-15-31(32)26-49-40)33-20-22-48-45-35(33)17-16-27-9-6-21-47-44(27)45/h1-26H. The Balaban J connectivity index is 1.06. The van der Waals surface area contributed by atoms with Gasteiger partial charge in [-0.15, -0.1) is 11.3 Å². The van der Waals surface area contributed by atoms with Gasteiger partial charge in [0.15, 0.2) is 0 Å². The van der Waals surface area contributed by atoms with Gasteiger partial charge >= 0.3 is 0 Å². The molecule has 0 saturated heterocycles. The van der Waals surface area contributed by atoms with Gasteiger partial charge in [0.2, 0.25) is 0 Å². The van der Waals surface area contributed by atoms with Crippen LogP contribution in [0.3, 0.4) is 0 Å². The van der Waals surface area contributed by atoms with Crippen molar-refractivity contribution in [1.29, 1.82) is 0 Å². The molecular formula is C46H26N4S. The predicted octanol–water partition coefficient (Wildman–Crippen LogP) is 12.4. The number of aromatic nitrogens is 4. The van der Waals surface area contributed by atoms with Crippen LogP contribution in [-0.2, 0) is 0 Å². The van der Waals surface area contributed by atoms with E-state index in [0.717, 1.165) is 77.1 Å². The van der Waals surface area contributed by atoms with Gasteiger partial charge < -0.3 is 0 Å². The molecule has 0 saturated carbocycles. The first-order valence-electron chi connectivity index (χ1n) is 17.0. The molecule has 0 atom stereocenters. The van der Waals surface area contributed by atoms with Crippen LogP contribution < -0.4 is 0 Å². The molecule has 0 unspecified atom stereocenters. The van der Waals surface area contributed by atoms with Gasteiger partial charge in [-0.25, -0.2) is 4.98 Å². The highest BCUT2D eigenvalue weighted by Gasteiger charge is 2.17. The summed E-state index contributed by atoms with van der Waals surface area (Å²) in [6.07, 6.45) is 5.69. The molecule has 4 nitrogen and oxygen atoms in total. The molecule has 5 aromatic heterocycles. The first-order valence-corrected chi connectivity index (χ1v) is 17.8. The number of hydrogen-bond acceptors (Lipinski definition) is 5. The summed E-state index contributed by atoms with van der Waals surface area (Å²) in [6.45, 7) is 0. The Hall–Kier alpha value is -6.56. The lowest BCUT2D eigenvalue weighted by Crippen LogP contribution is -1.91. The van der Waals surface area contributed by atoms with Crippen LogP contribution in [0.4, 0.5) is 0 Å². The van der Waals surface area contributed by atoms with E-state index in [1.807, 2.05) is 36.0 Å². The van der Waals surface area contributed by atoms with Gasteiger partial charge in [0.05, 0.1) is 27.9 Å². The zero-order valence-electron chi connectivity index (χ0n) is 27.2. The molecule has 0 bridgehead atoms. The second-order valence-corrected chi connectivity index (χ2v) is 14.1. The summed E-state index contributed by atoms with van der Waals surface area (Å²) in [7, 11) is 0. The van der Waals surface area contributed by atoms with Crippen molar-refractivity contribution < 1.29 is 0 Å². The lowest BCUT2D eigenvalue weighted by molar-refractivity contribution is 1.35. The summed E-state index contributed by atoms with van der Waals surface area (Å²) in [6, 6.07) is 49.6. The van der Waals surface area contributed by atoms with Crippen LogP contribution in [0, 0.1) is 0 Å². The minimum atomic E-state index is 0.917. The van der Waals surface area contributed by atoms with E-state index in [1.54, 1.807) is 0 Å². The molecule has 0 aliphatic rings. The van der Waals surface area contributed by atoms with Crippen molar-refractivity contribution in [2.24, 2.45) is 0 Å². The van der Waals surface area contributed by atoms with Crippen molar-refractivity contribution >= 4 is 85.8 Å². The van der Waals surface area contributed by atoms with Crippen LogP contribution in [0.25, 0.3) is 108 Å². The molecular weight excluding hydrogens is 641 g/mol. The van der Waals surface area contributed by atoms with E-state index >= 15 is 0 Å². The molecule has 11 aromatic rings. The van der Waals surface area contributed by atoms with Gasteiger partial charge in [-0.3, -0.25) is 15.0 Å². The molecule has 0 radical (unpaired) electrons. The quantitative estimate of drug-likeness (QED) is 0.176. The van der Waals surface area contributed by atoms with Gasteiger partial charge in [-0.1, -0.05) is 97.1 Å². The van der Waals surface area contributed by atoms with E-state index in [4.69, 9.17) is 15.0 Å². The van der Waals surface area contributed by atoms with Crippen molar-refractivity contribution in [1.82, 2.24) is 19.9 Å². The fraction of sp³-hybridized carbons (Fsp3) is 0. The summed E-state index contributed by atoms with van der Waals surface area (Å²) < 4.78 is 2.61. The van der Waals surface area contributed by atoms with Crippen molar-refractivity contribution in [3.8, 4) is 33.6 Å². The van der Waals surface area contributed by atoms with Crippen LogP contribution in [0.2, 0.25) is 0 Å². The van der Waals surface area contributed by atoms with Crippen molar-refractivity contribution in [3.05, 3.63) is 158 Å². The molecule has 0 N–H and O–H groups in total. The minimum Gasteiger partial charge on any atom is -0.256 e. The van der Waals surface area contributed by atoms with E-state index in [9.17, 15) is 0 Å². The number of nitrogens with zero attached hydrogens (tertiary/aromatic N) is 4. The van der Waals surface area contributed by atoms with Crippen molar-refractivity contribution in [3.63, 3.8) is 0 Å². The first kappa shape index (κ1) is 28.3. The Morgan fingerprint density at radius 3 is 2.25 bits per heavy atom. The summed E-state index contributed by atoms with van der Waals surface area (Å²) in [4.78, 5) is 19.6. The molecule has 0 aliphatic heterocycles. The fourth-order valence-corrected chi connectivity index (χ4v) is 9.00. The summed E-state index contributed by atoms with van der Waals surface area (Å²) in [5.74, 6) is 0. The molecule has 0 spiro atoms. The van der Waals surface area contributed by atoms with E-state index in [0.29, 0.717) is 0 Å². The minimum absolute atomic E-state index is 0.917. The second-order valence-electron chi connectivity index (χ2n) is 13.0. The number of benzene rings is 6. The average molecular weight is 667 g/mol. The average Bonchev–Trinajstić information content (AvgIpc) is 3.59. The van der Waals surface area contributed by atoms with E-state index < -0.39 is 0 Å². The zero-order valence-corrected chi connectivity index (χ0v) is 28.0. The molecule has 6 aromatic carbocycles. The predicted molar refractivity (Wildman–Crippen MR) is 214 cm³/mol. The van der Waals surface area contributed by atoms with Gasteiger partial charge in [-0.05, 0) is 59.0 Å². The highest BCUT2D eigenvalue weighted by Crippen LogP contribution is 2.43. The molecule has 5 heteroatoms.